The van der Waals surface area contributed by atoms with Gasteiger partial charge in [0.05, 0.1) is 19.8 Å². The maximum atomic E-state index is 12.6. The summed E-state index contributed by atoms with van der Waals surface area (Å²) in [6.45, 7) is 4.90. The molecule has 0 saturated carbocycles. The summed E-state index contributed by atoms with van der Waals surface area (Å²) >= 11 is 0. The molecule has 6 nitrogen and oxygen atoms in total. The van der Waals surface area contributed by atoms with E-state index < -0.39 is 5.79 Å². The van der Waals surface area contributed by atoms with Crippen LogP contribution in [0.2, 0.25) is 0 Å². The van der Waals surface area contributed by atoms with Gasteiger partial charge in [-0.3, -0.25) is 4.79 Å². The van der Waals surface area contributed by atoms with E-state index in [0.29, 0.717) is 57.2 Å². The molecule has 2 aliphatic heterocycles. The summed E-state index contributed by atoms with van der Waals surface area (Å²) in [5, 5.41) is 0. The molecule has 0 bridgehead atoms. The number of likely N-dealkylation sites (tertiary alicyclic amines) is 1. The summed E-state index contributed by atoms with van der Waals surface area (Å²) < 4.78 is 16.8. The lowest BCUT2D eigenvalue weighted by Gasteiger charge is -2.37. The molecule has 1 aromatic heterocycles. The topological polar surface area (TPSA) is 60.9 Å². The molecular weight excluding hydrogens is 272 g/mol. The van der Waals surface area contributed by atoms with Crippen molar-refractivity contribution in [2.45, 2.75) is 25.6 Å². The van der Waals surface area contributed by atoms with Gasteiger partial charge in [-0.25, -0.2) is 4.98 Å². The van der Waals surface area contributed by atoms with Crippen molar-refractivity contribution in [3.05, 3.63) is 23.9 Å². The molecule has 2 fully saturated rings. The molecule has 3 heterocycles. The van der Waals surface area contributed by atoms with Crippen LogP contribution in [-0.4, -0.2) is 54.5 Å². The highest BCUT2D eigenvalue weighted by molar-refractivity contribution is 5.96. The number of carbonyl (C=O) groups is 1. The SMILES string of the molecule is CCOc1ncccc1C(=O)N1CCC2(CC1)OCCO2. The van der Waals surface area contributed by atoms with Gasteiger partial charge in [-0.1, -0.05) is 0 Å². The van der Waals surface area contributed by atoms with Gasteiger partial charge in [0.15, 0.2) is 5.79 Å². The minimum atomic E-state index is -0.464. The van der Waals surface area contributed by atoms with Gasteiger partial charge in [-0.05, 0) is 19.1 Å². The van der Waals surface area contributed by atoms with Crippen LogP contribution in [0.1, 0.15) is 30.1 Å². The molecule has 21 heavy (non-hydrogen) atoms. The molecular formula is C15H20N2O4. The first kappa shape index (κ1) is 14.3. The van der Waals surface area contributed by atoms with Gasteiger partial charge in [-0.2, -0.15) is 0 Å². The maximum absolute atomic E-state index is 12.6. The van der Waals surface area contributed by atoms with E-state index in [-0.39, 0.29) is 5.91 Å². The number of rotatable bonds is 3. The van der Waals surface area contributed by atoms with Crippen LogP contribution in [0.15, 0.2) is 18.3 Å². The second kappa shape index (κ2) is 5.99. The Hall–Kier alpha value is -1.66. The highest BCUT2D eigenvalue weighted by Gasteiger charge is 2.41. The third kappa shape index (κ3) is 2.87. The van der Waals surface area contributed by atoms with Crippen molar-refractivity contribution in [2.24, 2.45) is 0 Å². The van der Waals surface area contributed by atoms with E-state index in [1.54, 1.807) is 18.3 Å². The number of hydrogen-bond donors (Lipinski definition) is 0. The van der Waals surface area contributed by atoms with Gasteiger partial charge < -0.3 is 19.1 Å². The number of ether oxygens (including phenoxy) is 3. The van der Waals surface area contributed by atoms with Crippen molar-refractivity contribution >= 4 is 5.91 Å². The van der Waals surface area contributed by atoms with Crippen molar-refractivity contribution in [1.82, 2.24) is 9.88 Å². The Kier molecular flexibility index (Phi) is 4.07. The van der Waals surface area contributed by atoms with Gasteiger partial charge in [0.1, 0.15) is 5.56 Å². The van der Waals surface area contributed by atoms with Gasteiger partial charge >= 0.3 is 0 Å². The lowest BCUT2D eigenvalue weighted by Crippen LogP contribution is -2.47. The zero-order chi connectivity index (χ0) is 14.7. The number of hydrogen-bond acceptors (Lipinski definition) is 5. The highest BCUT2D eigenvalue weighted by atomic mass is 16.7. The molecule has 1 aromatic rings. The summed E-state index contributed by atoms with van der Waals surface area (Å²) in [5.74, 6) is -0.105. The Bertz CT molecular complexity index is 504. The Morgan fingerprint density at radius 2 is 2.10 bits per heavy atom. The fraction of sp³-hybridized carbons (Fsp3) is 0.600. The Labute approximate surface area is 124 Å². The molecule has 0 radical (unpaired) electrons. The number of amides is 1. The van der Waals surface area contributed by atoms with Crippen LogP contribution >= 0.6 is 0 Å². The Balaban J connectivity index is 1.69. The Morgan fingerprint density at radius 3 is 2.76 bits per heavy atom. The fourth-order valence-electron chi connectivity index (χ4n) is 2.81. The maximum Gasteiger partial charge on any atom is 0.259 e. The van der Waals surface area contributed by atoms with Gasteiger partial charge in [0.25, 0.3) is 5.91 Å². The van der Waals surface area contributed by atoms with E-state index >= 15 is 0 Å². The van der Waals surface area contributed by atoms with Crippen LogP contribution in [-0.2, 0) is 9.47 Å². The van der Waals surface area contributed by atoms with Gasteiger partial charge in [0.2, 0.25) is 5.88 Å². The van der Waals surface area contributed by atoms with E-state index in [1.165, 1.54) is 0 Å². The number of nitrogens with zero attached hydrogens (tertiary/aromatic N) is 2. The third-order valence-corrected chi connectivity index (χ3v) is 3.91. The minimum absolute atomic E-state index is 0.0422. The largest absolute Gasteiger partial charge is 0.477 e. The van der Waals surface area contributed by atoms with Crippen molar-refractivity contribution in [3.63, 3.8) is 0 Å². The number of pyridine rings is 1. The van der Waals surface area contributed by atoms with Crippen molar-refractivity contribution in [1.29, 1.82) is 0 Å². The zero-order valence-corrected chi connectivity index (χ0v) is 12.2. The highest BCUT2D eigenvalue weighted by Crippen LogP contribution is 2.32. The number of carbonyl (C=O) groups excluding carboxylic acids is 1. The molecule has 2 aliphatic rings. The van der Waals surface area contributed by atoms with Gasteiger partial charge in [0, 0.05) is 32.1 Å². The first-order valence-electron chi connectivity index (χ1n) is 7.39. The molecule has 1 amide bonds. The second-order valence-corrected chi connectivity index (χ2v) is 5.19. The smallest absolute Gasteiger partial charge is 0.259 e. The molecule has 0 aliphatic carbocycles. The van der Waals surface area contributed by atoms with Gasteiger partial charge in [-0.15, -0.1) is 0 Å². The first-order chi connectivity index (χ1) is 10.2. The predicted molar refractivity (Wildman–Crippen MR) is 75.2 cm³/mol. The summed E-state index contributed by atoms with van der Waals surface area (Å²) in [7, 11) is 0. The molecule has 6 heteroatoms. The molecule has 0 unspecified atom stereocenters. The minimum Gasteiger partial charge on any atom is -0.477 e. The predicted octanol–water partition coefficient (Wildman–Crippen LogP) is 1.46. The average Bonchev–Trinajstić information content (AvgIpc) is 2.97. The summed E-state index contributed by atoms with van der Waals surface area (Å²) in [5.41, 5.74) is 0.517. The standard InChI is InChI=1S/C15H20N2O4/c1-2-19-13-12(4-3-7-16-13)14(18)17-8-5-15(6-9-17)20-10-11-21-15/h3-4,7H,2,5-6,8-11H2,1H3. The van der Waals surface area contributed by atoms with Crippen LogP contribution in [0.5, 0.6) is 5.88 Å². The van der Waals surface area contributed by atoms with Crippen molar-refractivity contribution in [3.8, 4) is 5.88 Å². The van der Waals surface area contributed by atoms with E-state index in [2.05, 4.69) is 4.98 Å². The lowest BCUT2D eigenvalue weighted by molar-refractivity contribution is -0.181. The van der Waals surface area contributed by atoms with E-state index in [1.807, 2.05) is 11.8 Å². The summed E-state index contributed by atoms with van der Waals surface area (Å²) in [6, 6.07) is 3.51. The second-order valence-electron chi connectivity index (χ2n) is 5.19. The normalized spacial score (nSPS) is 20.7. The number of piperidine rings is 1. The van der Waals surface area contributed by atoms with Crippen LogP contribution in [0.25, 0.3) is 0 Å². The van der Waals surface area contributed by atoms with E-state index in [4.69, 9.17) is 14.2 Å². The van der Waals surface area contributed by atoms with Crippen LogP contribution in [0, 0.1) is 0 Å². The summed E-state index contributed by atoms with van der Waals surface area (Å²) in [4.78, 5) is 18.6. The summed E-state index contributed by atoms with van der Waals surface area (Å²) in [6.07, 6.45) is 3.05. The van der Waals surface area contributed by atoms with Crippen LogP contribution in [0.4, 0.5) is 0 Å². The number of aromatic nitrogens is 1. The molecule has 0 N–H and O–H groups in total. The Morgan fingerprint density at radius 1 is 1.38 bits per heavy atom. The average molecular weight is 292 g/mol. The quantitative estimate of drug-likeness (QED) is 0.844. The molecule has 1 spiro atoms. The van der Waals surface area contributed by atoms with Crippen molar-refractivity contribution in [2.75, 3.05) is 32.9 Å². The lowest BCUT2D eigenvalue weighted by atomic mass is 10.0. The third-order valence-electron chi connectivity index (χ3n) is 3.91. The fourth-order valence-corrected chi connectivity index (χ4v) is 2.81. The molecule has 0 atom stereocenters. The monoisotopic (exact) mass is 292 g/mol. The molecule has 114 valence electrons. The van der Waals surface area contributed by atoms with Crippen LogP contribution in [0.3, 0.4) is 0 Å². The first-order valence-corrected chi connectivity index (χ1v) is 7.39. The van der Waals surface area contributed by atoms with E-state index in [9.17, 15) is 4.79 Å². The zero-order valence-electron chi connectivity index (χ0n) is 12.2. The molecule has 0 aromatic carbocycles. The molecule has 2 saturated heterocycles. The van der Waals surface area contributed by atoms with Crippen molar-refractivity contribution < 1.29 is 19.0 Å². The van der Waals surface area contributed by atoms with Crippen LogP contribution < -0.4 is 4.74 Å². The molecule has 3 rings (SSSR count). The van der Waals surface area contributed by atoms with E-state index in [0.717, 1.165) is 0 Å².